The summed E-state index contributed by atoms with van der Waals surface area (Å²) in [6.45, 7) is 15.7. The van der Waals surface area contributed by atoms with E-state index in [0.29, 0.717) is 29.1 Å². The number of piperidine rings is 1. The van der Waals surface area contributed by atoms with Gasteiger partial charge in [0.05, 0.1) is 11.7 Å². The molecule has 2 unspecified atom stereocenters. The first-order chi connectivity index (χ1) is 12.7. The fourth-order valence-corrected chi connectivity index (χ4v) is 4.12. The van der Waals surface area contributed by atoms with Gasteiger partial charge in [-0.05, 0) is 64.5 Å². The molecule has 152 valence electrons. The van der Waals surface area contributed by atoms with Gasteiger partial charge in [-0.2, -0.15) is 0 Å². The number of hydrogen-bond acceptors (Lipinski definition) is 4. The van der Waals surface area contributed by atoms with Gasteiger partial charge in [0.1, 0.15) is 5.69 Å². The normalized spacial score (nSPS) is 20.7. The molecular weight excluding hydrogens is 342 g/mol. The number of carbonyl (C=O) groups excluding carboxylic acids is 2. The summed E-state index contributed by atoms with van der Waals surface area (Å²) in [6.07, 6.45) is 2.04. The number of H-pyrrole nitrogens is 1. The lowest BCUT2D eigenvalue weighted by molar-refractivity contribution is 0.0376. The molecule has 0 bridgehead atoms. The zero-order valence-corrected chi connectivity index (χ0v) is 17.6. The van der Waals surface area contributed by atoms with Crippen molar-refractivity contribution in [1.82, 2.24) is 15.2 Å². The van der Waals surface area contributed by atoms with E-state index in [9.17, 15) is 9.59 Å². The second-order valence-corrected chi connectivity index (χ2v) is 8.39. The third-order valence-electron chi connectivity index (χ3n) is 5.09. The number of nitrogens with zero attached hydrogens (tertiary/aromatic N) is 1. The van der Waals surface area contributed by atoms with Crippen LogP contribution in [-0.2, 0) is 4.74 Å². The van der Waals surface area contributed by atoms with Crippen LogP contribution in [0.3, 0.4) is 0 Å². The molecule has 0 saturated carbocycles. The number of amides is 1. The van der Waals surface area contributed by atoms with Crippen molar-refractivity contribution in [2.75, 3.05) is 26.2 Å². The minimum Gasteiger partial charge on any atom is -0.459 e. The van der Waals surface area contributed by atoms with Gasteiger partial charge in [-0.25, -0.2) is 4.79 Å². The molecule has 0 aromatic carbocycles. The first-order valence-corrected chi connectivity index (χ1v) is 10.1. The summed E-state index contributed by atoms with van der Waals surface area (Å²) in [7, 11) is 0. The maximum absolute atomic E-state index is 12.5. The molecular formula is C21H35N3O3. The Morgan fingerprint density at radius 2 is 1.85 bits per heavy atom. The van der Waals surface area contributed by atoms with Gasteiger partial charge in [0.25, 0.3) is 5.91 Å². The Kier molecular flexibility index (Phi) is 7.48. The highest BCUT2D eigenvalue weighted by Crippen LogP contribution is 2.21. The first-order valence-electron chi connectivity index (χ1n) is 10.1. The summed E-state index contributed by atoms with van der Waals surface area (Å²) in [4.78, 5) is 30.3. The second kappa shape index (κ2) is 9.40. The molecule has 27 heavy (non-hydrogen) atoms. The van der Waals surface area contributed by atoms with Crippen molar-refractivity contribution < 1.29 is 14.3 Å². The summed E-state index contributed by atoms with van der Waals surface area (Å²) in [5.41, 5.74) is 2.22. The standard InChI is InChI=1S/C21H35N3O3/c1-13(2)27-21(26)18-16(5)19(23-17(18)6)20(25)22-8-7-9-24-11-14(3)10-15(4)12-24/h13-15,23H,7-12H2,1-6H3,(H,22,25). The molecule has 1 aliphatic heterocycles. The molecule has 0 aliphatic carbocycles. The van der Waals surface area contributed by atoms with Gasteiger partial charge < -0.3 is 19.9 Å². The Balaban J connectivity index is 1.86. The molecule has 2 rings (SSSR count). The van der Waals surface area contributed by atoms with Gasteiger partial charge >= 0.3 is 5.97 Å². The maximum Gasteiger partial charge on any atom is 0.340 e. The fraction of sp³-hybridized carbons (Fsp3) is 0.714. The number of hydrogen-bond donors (Lipinski definition) is 2. The van der Waals surface area contributed by atoms with E-state index in [4.69, 9.17) is 4.74 Å². The lowest BCUT2D eigenvalue weighted by atomic mass is 9.92. The van der Waals surface area contributed by atoms with Crippen LogP contribution in [-0.4, -0.2) is 54.0 Å². The third-order valence-corrected chi connectivity index (χ3v) is 5.09. The quantitative estimate of drug-likeness (QED) is 0.565. The van der Waals surface area contributed by atoms with Gasteiger partial charge in [-0.3, -0.25) is 4.79 Å². The van der Waals surface area contributed by atoms with Crippen LogP contribution in [0.1, 0.15) is 72.6 Å². The molecule has 6 nitrogen and oxygen atoms in total. The average molecular weight is 378 g/mol. The van der Waals surface area contributed by atoms with E-state index in [1.165, 1.54) is 6.42 Å². The number of aromatic nitrogens is 1. The molecule has 1 amide bonds. The molecule has 0 spiro atoms. The number of nitrogens with one attached hydrogen (secondary N) is 2. The lowest BCUT2D eigenvalue weighted by Gasteiger charge is -2.34. The van der Waals surface area contributed by atoms with E-state index >= 15 is 0 Å². The smallest absolute Gasteiger partial charge is 0.340 e. The van der Waals surface area contributed by atoms with E-state index in [1.54, 1.807) is 13.8 Å². The second-order valence-electron chi connectivity index (χ2n) is 8.39. The third kappa shape index (κ3) is 5.83. The van der Waals surface area contributed by atoms with Crippen molar-refractivity contribution in [3.63, 3.8) is 0 Å². The van der Waals surface area contributed by atoms with Gasteiger partial charge in [-0.15, -0.1) is 0 Å². The number of esters is 1. The van der Waals surface area contributed by atoms with Crippen LogP contribution in [0.15, 0.2) is 0 Å². The van der Waals surface area contributed by atoms with Crippen LogP contribution in [0.4, 0.5) is 0 Å². The number of aryl methyl sites for hydroxylation is 1. The van der Waals surface area contributed by atoms with Crippen molar-refractivity contribution >= 4 is 11.9 Å². The molecule has 1 aromatic heterocycles. The Morgan fingerprint density at radius 1 is 1.22 bits per heavy atom. The van der Waals surface area contributed by atoms with Crippen LogP contribution in [0.25, 0.3) is 0 Å². The minimum atomic E-state index is -0.386. The minimum absolute atomic E-state index is 0.167. The molecule has 1 aliphatic rings. The van der Waals surface area contributed by atoms with E-state index in [0.717, 1.165) is 37.9 Å². The van der Waals surface area contributed by atoms with E-state index in [-0.39, 0.29) is 18.0 Å². The van der Waals surface area contributed by atoms with Crippen molar-refractivity contribution in [2.24, 2.45) is 11.8 Å². The summed E-state index contributed by atoms with van der Waals surface area (Å²) >= 11 is 0. The monoisotopic (exact) mass is 377 g/mol. The topological polar surface area (TPSA) is 74.4 Å². The Bertz CT molecular complexity index is 656. The zero-order chi connectivity index (χ0) is 20.1. The summed E-state index contributed by atoms with van der Waals surface area (Å²) < 4.78 is 5.28. The van der Waals surface area contributed by atoms with Crippen LogP contribution >= 0.6 is 0 Å². The van der Waals surface area contributed by atoms with Gasteiger partial charge in [0.2, 0.25) is 0 Å². The number of rotatable bonds is 7. The largest absolute Gasteiger partial charge is 0.459 e. The van der Waals surface area contributed by atoms with Crippen molar-refractivity contribution in [3.05, 3.63) is 22.5 Å². The van der Waals surface area contributed by atoms with Crippen LogP contribution < -0.4 is 5.32 Å². The molecule has 0 radical (unpaired) electrons. The number of likely N-dealkylation sites (tertiary alicyclic amines) is 1. The fourth-order valence-electron chi connectivity index (χ4n) is 4.12. The van der Waals surface area contributed by atoms with E-state index < -0.39 is 0 Å². The van der Waals surface area contributed by atoms with Crippen molar-refractivity contribution in [1.29, 1.82) is 0 Å². The summed E-state index contributed by atoms with van der Waals surface area (Å²) in [6, 6.07) is 0. The van der Waals surface area contributed by atoms with E-state index in [2.05, 4.69) is 29.0 Å². The van der Waals surface area contributed by atoms with Crippen LogP contribution in [0, 0.1) is 25.7 Å². The Labute approximate surface area is 163 Å². The predicted molar refractivity (Wildman–Crippen MR) is 107 cm³/mol. The first kappa shape index (κ1) is 21.5. The van der Waals surface area contributed by atoms with Gasteiger partial charge in [0.15, 0.2) is 0 Å². The Hall–Kier alpha value is -1.82. The molecule has 6 heteroatoms. The maximum atomic E-state index is 12.5. The summed E-state index contributed by atoms with van der Waals surface area (Å²) in [5.74, 6) is 0.942. The van der Waals surface area contributed by atoms with Crippen LogP contribution in [0.5, 0.6) is 0 Å². The molecule has 2 N–H and O–H groups in total. The molecule has 1 aromatic rings. The SMILES string of the molecule is Cc1[nH]c(C(=O)NCCCN2CC(C)CC(C)C2)c(C)c1C(=O)OC(C)C. The zero-order valence-electron chi connectivity index (χ0n) is 17.6. The highest BCUT2D eigenvalue weighted by Gasteiger charge is 2.24. The predicted octanol–water partition coefficient (Wildman–Crippen LogP) is 3.29. The molecule has 2 heterocycles. The van der Waals surface area contributed by atoms with E-state index in [1.807, 2.05) is 13.8 Å². The molecule has 2 atom stereocenters. The average Bonchev–Trinajstić information content (AvgIpc) is 2.84. The molecule has 1 saturated heterocycles. The number of aromatic amines is 1. The van der Waals surface area contributed by atoms with Crippen molar-refractivity contribution in [2.45, 2.75) is 60.5 Å². The lowest BCUT2D eigenvalue weighted by Crippen LogP contribution is -2.40. The number of ether oxygens (including phenoxy) is 1. The van der Waals surface area contributed by atoms with Crippen molar-refractivity contribution in [3.8, 4) is 0 Å². The molecule has 1 fully saturated rings. The number of carbonyl (C=O) groups is 2. The summed E-state index contributed by atoms with van der Waals surface area (Å²) in [5, 5.41) is 2.97. The highest BCUT2D eigenvalue weighted by molar-refractivity contribution is 6.00. The van der Waals surface area contributed by atoms with Gasteiger partial charge in [-0.1, -0.05) is 13.8 Å². The Morgan fingerprint density at radius 3 is 2.44 bits per heavy atom. The van der Waals surface area contributed by atoms with Crippen LogP contribution in [0.2, 0.25) is 0 Å². The highest BCUT2D eigenvalue weighted by atomic mass is 16.5. The van der Waals surface area contributed by atoms with Gasteiger partial charge in [0, 0.05) is 25.3 Å².